The van der Waals surface area contributed by atoms with Crippen LogP contribution in [0.4, 0.5) is 0 Å². The van der Waals surface area contributed by atoms with E-state index in [1.807, 2.05) is 36.6 Å². The summed E-state index contributed by atoms with van der Waals surface area (Å²) < 4.78 is 5.06. The number of thiophene rings is 1. The number of rotatable bonds is 7. The van der Waals surface area contributed by atoms with Gasteiger partial charge < -0.3 is 9.84 Å². The van der Waals surface area contributed by atoms with Crippen molar-refractivity contribution in [2.75, 3.05) is 6.54 Å². The molecule has 3 rings (SSSR count). The highest BCUT2D eigenvalue weighted by Gasteiger charge is 2.21. The highest BCUT2D eigenvalue weighted by Crippen LogP contribution is 2.24. The van der Waals surface area contributed by atoms with Crippen molar-refractivity contribution in [1.29, 1.82) is 0 Å². The molecule has 2 heterocycles. The Kier molecular flexibility index (Phi) is 5.66. The summed E-state index contributed by atoms with van der Waals surface area (Å²) in [5.41, 5.74) is 3.11. The van der Waals surface area contributed by atoms with Gasteiger partial charge in [-0.3, -0.25) is 4.79 Å². The summed E-state index contributed by atoms with van der Waals surface area (Å²) >= 11 is 1.69. The van der Waals surface area contributed by atoms with E-state index >= 15 is 0 Å². The Labute approximate surface area is 151 Å². The molecular formula is C20H22N2O2S. The van der Waals surface area contributed by atoms with Crippen molar-refractivity contribution in [2.45, 2.75) is 32.6 Å². The summed E-state index contributed by atoms with van der Waals surface area (Å²) in [6.07, 6.45) is 1.39. The topological polar surface area (TPSA) is 55.1 Å². The lowest BCUT2D eigenvalue weighted by molar-refractivity contribution is -0.122. The summed E-state index contributed by atoms with van der Waals surface area (Å²) in [6.45, 7) is 4.47. The second-order valence-corrected chi connectivity index (χ2v) is 7.25. The summed E-state index contributed by atoms with van der Waals surface area (Å²) in [6, 6.07) is 14.2. The third-order valence-electron chi connectivity index (χ3n) is 4.14. The molecule has 1 unspecified atom stereocenters. The molecule has 0 spiro atoms. The maximum absolute atomic E-state index is 12.8. The molecule has 1 aromatic carbocycles. The first-order valence-corrected chi connectivity index (χ1v) is 9.28. The van der Waals surface area contributed by atoms with Gasteiger partial charge in [0.2, 0.25) is 5.91 Å². The first-order valence-electron chi connectivity index (χ1n) is 8.40. The van der Waals surface area contributed by atoms with Gasteiger partial charge in [-0.25, -0.2) is 0 Å². The maximum atomic E-state index is 12.8. The number of aromatic nitrogens is 1. The van der Waals surface area contributed by atoms with E-state index in [-0.39, 0.29) is 11.8 Å². The number of nitrogens with zero attached hydrogens (tertiary/aromatic N) is 1. The molecule has 0 fully saturated rings. The van der Waals surface area contributed by atoms with Crippen LogP contribution in [0.3, 0.4) is 0 Å². The number of amides is 1. The minimum absolute atomic E-state index is 0.0532. The number of carbonyl (C=O) groups is 1. The molecule has 0 aliphatic carbocycles. The number of benzene rings is 1. The zero-order valence-corrected chi connectivity index (χ0v) is 15.3. The molecule has 1 amide bonds. The van der Waals surface area contributed by atoms with E-state index in [0.717, 1.165) is 23.4 Å². The van der Waals surface area contributed by atoms with E-state index in [9.17, 15) is 4.79 Å². The van der Waals surface area contributed by atoms with E-state index < -0.39 is 0 Å². The molecule has 0 aliphatic heterocycles. The molecule has 0 bridgehead atoms. The largest absolute Gasteiger partial charge is 0.361 e. The van der Waals surface area contributed by atoms with Crippen molar-refractivity contribution in [2.24, 2.45) is 0 Å². The fourth-order valence-corrected chi connectivity index (χ4v) is 3.52. The Bertz CT molecular complexity index is 807. The summed E-state index contributed by atoms with van der Waals surface area (Å²) in [7, 11) is 0. The van der Waals surface area contributed by atoms with Gasteiger partial charge in [-0.2, -0.15) is 0 Å². The van der Waals surface area contributed by atoms with E-state index in [1.54, 1.807) is 11.3 Å². The predicted octanol–water partition coefficient (Wildman–Crippen LogP) is 4.04. The lowest BCUT2D eigenvalue weighted by atomic mass is 9.93. The van der Waals surface area contributed by atoms with Crippen LogP contribution in [0.2, 0.25) is 0 Å². The fraction of sp³-hybridized carbons (Fsp3) is 0.300. The Morgan fingerprint density at radius 2 is 2.04 bits per heavy atom. The van der Waals surface area contributed by atoms with Crippen LogP contribution in [0.25, 0.3) is 0 Å². The lowest BCUT2D eigenvalue weighted by Crippen LogP contribution is -2.32. The molecule has 0 saturated heterocycles. The van der Waals surface area contributed by atoms with Crippen molar-refractivity contribution in [3.05, 3.63) is 75.3 Å². The molecule has 2 aromatic heterocycles. The standard InChI is InChI=1S/C20H22N2O2S/c1-14-5-7-16(8-6-14)19(13-18-4-3-11-25-18)20(23)21-10-9-17-12-15(2)24-22-17/h3-8,11-12,19H,9-10,13H2,1-2H3,(H,21,23). The molecule has 0 aliphatic rings. The van der Waals surface area contributed by atoms with Crippen molar-refractivity contribution in [3.8, 4) is 0 Å². The SMILES string of the molecule is Cc1ccc(C(Cc2cccs2)C(=O)NCCc2cc(C)on2)cc1. The molecule has 0 saturated carbocycles. The smallest absolute Gasteiger partial charge is 0.227 e. The molecule has 3 aromatic rings. The van der Waals surface area contributed by atoms with E-state index in [4.69, 9.17) is 4.52 Å². The van der Waals surface area contributed by atoms with Crippen LogP contribution < -0.4 is 5.32 Å². The second-order valence-electron chi connectivity index (χ2n) is 6.22. The Morgan fingerprint density at radius 1 is 1.24 bits per heavy atom. The third kappa shape index (κ3) is 4.79. The van der Waals surface area contributed by atoms with Gasteiger partial charge in [0.25, 0.3) is 0 Å². The van der Waals surface area contributed by atoms with Crippen molar-refractivity contribution >= 4 is 17.2 Å². The van der Waals surface area contributed by atoms with Gasteiger partial charge in [-0.1, -0.05) is 41.1 Å². The van der Waals surface area contributed by atoms with Crippen LogP contribution in [0.5, 0.6) is 0 Å². The van der Waals surface area contributed by atoms with Gasteiger partial charge >= 0.3 is 0 Å². The molecule has 25 heavy (non-hydrogen) atoms. The number of hydrogen-bond acceptors (Lipinski definition) is 4. The number of aryl methyl sites for hydroxylation is 2. The summed E-state index contributed by atoms with van der Waals surface area (Å²) in [4.78, 5) is 14.0. The van der Waals surface area contributed by atoms with E-state index in [0.29, 0.717) is 13.0 Å². The van der Waals surface area contributed by atoms with Crippen molar-refractivity contribution in [1.82, 2.24) is 10.5 Å². The van der Waals surface area contributed by atoms with Crippen LogP contribution in [0.1, 0.15) is 33.4 Å². The summed E-state index contributed by atoms with van der Waals surface area (Å²) in [5.74, 6) is 0.660. The van der Waals surface area contributed by atoms with Gasteiger partial charge in [-0.05, 0) is 37.3 Å². The van der Waals surface area contributed by atoms with Gasteiger partial charge in [0.05, 0.1) is 11.6 Å². The molecule has 1 N–H and O–H groups in total. The minimum Gasteiger partial charge on any atom is -0.361 e. The average Bonchev–Trinajstić information content (AvgIpc) is 3.25. The van der Waals surface area contributed by atoms with Crippen LogP contribution in [-0.4, -0.2) is 17.6 Å². The van der Waals surface area contributed by atoms with Crippen LogP contribution in [0, 0.1) is 13.8 Å². The monoisotopic (exact) mass is 354 g/mol. The van der Waals surface area contributed by atoms with E-state index in [1.165, 1.54) is 10.4 Å². The first-order chi connectivity index (χ1) is 12.1. The van der Waals surface area contributed by atoms with Gasteiger partial charge in [0, 0.05) is 23.9 Å². The van der Waals surface area contributed by atoms with Crippen molar-refractivity contribution in [3.63, 3.8) is 0 Å². The molecule has 4 nitrogen and oxygen atoms in total. The zero-order chi connectivity index (χ0) is 17.6. The Balaban J connectivity index is 1.66. The molecule has 5 heteroatoms. The lowest BCUT2D eigenvalue weighted by Gasteiger charge is -2.17. The molecular weight excluding hydrogens is 332 g/mol. The molecule has 130 valence electrons. The minimum atomic E-state index is -0.182. The predicted molar refractivity (Wildman–Crippen MR) is 99.9 cm³/mol. The number of carbonyl (C=O) groups excluding carboxylic acids is 1. The van der Waals surface area contributed by atoms with Crippen molar-refractivity contribution < 1.29 is 9.32 Å². The van der Waals surface area contributed by atoms with Gasteiger partial charge in [-0.15, -0.1) is 11.3 Å². The quantitative estimate of drug-likeness (QED) is 0.697. The zero-order valence-electron chi connectivity index (χ0n) is 14.5. The first kappa shape index (κ1) is 17.4. The second kappa shape index (κ2) is 8.12. The van der Waals surface area contributed by atoms with Crippen LogP contribution >= 0.6 is 11.3 Å². The van der Waals surface area contributed by atoms with Crippen LogP contribution in [0.15, 0.2) is 52.4 Å². The normalized spacial score (nSPS) is 12.1. The maximum Gasteiger partial charge on any atom is 0.227 e. The summed E-state index contributed by atoms with van der Waals surface area (Å²) in [5, 5.41) is 9.06. The highest BCUT2D eigenvalue weighted by molar-refractivity contribution is 7.09. The van der Waals surface area contributed by atoms with Gasteiger partial charge in [0.1, 0.15) is 5.76 Å². The van der Waals surface area contributed by atoms with Gasteiger partial charge in [0.15, 0.2) is 0 Å². The Morgan fingerprint density at radius 3 is 2.68 bits per heavy atom. The average molecular weight is 354 g/mol. The number of hydrogen-bond donors (Lipinski definition) is 1. The fourth-order valence-electron chi connectivity index (χ4n) is 2.76. The third-order valence-corrected chi connectivity index (χ3v) is 5.04. The molecule has 0 radical (unpaired) electrons. The number of nitrogens with one attached hydrogen (secondary N) is 1. The van der Waals surface area contributed by atoms with Crippen LogP contribution in [-0.2, 0) is 17.6 Å². The van der Waals surface area contributed by atoms with E-state index in [2.05, 4.69) is 35.6 Å². The Hall–Kier alpha value is -2.40. The highest BCUT2D eigenvalue weighted by atomic mass is 32.1. The molecule has 1 atom stereocenters.